The summed E-state index contributed by atoms with van der Waals surface area (Å²) in [6.07, 6.45) is 3.89. The summed E-state index contributed by atoms with van der Waals surface area (Å²) in [4.78, 5) is 33.6. The SMILES string of the molecule is O=C([O-])c1csc2c1CCN(C(=O)c1cnc3[nH]ccc3c1)C2.[Na+]. The van der Waals surface area contributed by atoms with Gasteiger partial charge in [0, 0.05) is 40.1 Å². The minimum atomic E-state index is -1.15. The number of fused-ring (bicyclic) bond motifs is 2. The van der Waals surface area contributed by atoms with E-state index < -0.39 is 5.97 Å². The van der Waals surface area contributed by atoms with Crippen molar-refractivity contribution in [2.45, 2.75) is 13.0 Å². The quantitative estimate of drug-likeness (QED) is 0.553. The maximum Gasteiger partial charge on any atom is 1.00 e. The van der Waals surface area contributed by atoms with Crippen LogP contribution >= 0.6 is 11.3 Å². The molecule has 24 heavy (non-hydrogen) atoms. The summed E-state index contributed by atoms with van der Waals surface area (Å²) in [7, 11) is 0. The van der Waals surface area contributed by atoms with Crippen LogP contribution in [-0.4, -0.2) is 33.3 Å². The molecule has 0 bridgehead atoms. The zero-order valence-corrected chi connectivity index (χ0v) is 15.9. The monoisotopic (exact) mass is 349 g/mol. The Bertz CT molecular complexity index is 934. The first-order valence-corrected chi connectivity index (χ1v) is 8.04. The maximum absolute atomic E-state index is 12.7. The molecule has 0 spiro atoms. The van der Waals surface area contributed by atoms with E-state index in [0.29, 0.717) is 25.1 Å². The summed E-state index contributed by atoms with van der Waals surface area (Å²) in [5, 5.41) is 13.6. The largest absolute Gasteiger partial charge is 1.00 e. The van der Waals surface area contributed by atoms with Gasteiger partial charge in [-0.05, 0) is 24.1 Å². The van der Waals surface area contributed by atoms with Gasteiger partial charge in [-0.3, -0.25) is 4.79 Å². The summed E-state index contributed by atoms with van der Waals surface area (Å²) in [5.41, 5.74) is 2.35. The third-order valence-corrected chi connectivity index (χ3v) is 5.11. The third kappa shape index (κ3) is 2.88. The van der Waals surface area contributed by atoms with E-state index in [1.165, 1.54) is 11.3 Å². The Labute approximate surface area is 163 Å². The number of rotatable bonds is 2. The second-order valence-corrected chi connectivity index (χ2v) is 6.42. The van der Waals surface area contributed by atoms with Crippen LogP contribution in [0.25, 0.3) is 11.0 Å². The summed E-state index contributed by atoms with van der Waals surface area (Å²) in [6.45, 7) is 0.922. The summed E-state index contributed by atoms with van der Waals surface area (Å²) in [6, 6.07) is 3.69. The number of thiophene rings is 1. The average Bonchev–Trinajstić information content (AvgIpc) is 3.19. The van der Waals surface area contributed by atoms with Crippen LogP contribution in [0.5, 0.6) is 0 Å². The number of carboxylic acids is 1. The number of hydrogen-bond donors (Lipinski definition) is 1. The number of H-pyrrole nitrogens is 1. The standard InChI is InChI=1S/C16H13N3O3S.Na/c20-15(10-5-9-1-3-17-14(9)18-6-10)19-4-2-11-12(16(21)22)8-23-13(11)7-19;/h1,3,5-6,8H,2,4,7H2,(H,17,18)(H,21,22);/q;+1/p-1. The normalized spacial score (nSPS) is 13.4. The summed E-state index contributed by atoms with van der Waals surface area (Å²) >= 11 is 1.37. The van der Waals surface area contributed by atoms with Crippen LogP contribution in [0.4, 0.5) is 0 Å². The third-order valence-electron chi connectivity index (χ3n) is 4.10. The van der Waals surface area contributed by atoms with E-state index in [1.54, 1.807) is 22.7 Å². The predicted octanol–water partition coefficient (Wildman–Crippen LogP) is -1.81. The molecule has 0 atom stereocenters. The van der Waals surface area contributed by atoms with E-state index in [1.807, 2.05) is 12.1 Å². The molecule has 4 rings (SSSR count). The zero-order chi connectivity index (χ0) is 16.0. The first-order chi connectivity index (χ1) is 11.1. The van der Waals surface area contributed by atoms with Gasteiger partial charge in [-0.15, -0.1) is 11.3 Å². The minimum absolute atomic E-state index is 0. The molecule has 0 saturated carbocycles. The Morgan fingerprint density at radius 2 is 2.21 bits per heavy atom. The van der Waals surface area contributed by atoms with Crippen LogP contribution in [-0.2, 0) is 13.0 Å². The molecule has 1 aliphatic heterocycles. The Morgan fingerprint density at radius 3 is 3.00 bits per heavy atom. The van der Waals surface area contributed by atoms with Gasteiger partial charge in [0.25, 0.3) is 5.91 Å². The van der Waals surface area contributed by atoms with Gasteiger partial charge in [0.15, 0.2) is 0 Å². The second kappa shape index (κ2) is 6.68. The fraction of sp³-hybridized carbons (Fsp3) is 0.188. The molecule has 0 unspecified atom stereocenters. The predicted molar refractivity (Wildman–Crippen MR) is 83.2 cm³/mol. The molecular formula is C16H12N3NaO3S. The first-order valence-electron chi connectivity index (χ1n) is 7.16. The summed E-state index contributed by atoms with van der Waals surface area (Å²) < 4.78 is 0. The average molecular weight is 349 g/mol. The van der Waals surface area contributed by atoms with Crippen molar-refractivity contribution < 1.29 is 44.3 Å². The van der Waals surface area contributed by atoms with Crippen molar-refractivity contribution in [1.29, 1.82) is 0 Å². The zero-order valence-electron chi connectivity index (χ0n) is 13.0. The smallest absolute Gasteiger partial charge is 0.545 e. The number of aromatic nitrogens is 2. The number of aromatic amines is 1. The molecule has 1 aliphatic rings. The molecule has 0 fully saturated rings. The molecule has 3 aromatic rings. The van der Waals surface area contributed by atoms with Crippen LogP contribution < -0.4 is 34.7 Å². The molecule has 0 aromatic carbocycles. The van der Waals surface area contributed by atoms with Crippen LogP contribution in [0.3, 0.4) is 0 Å². The maximum atomic E-state index is 12.7. The topological polar surface area (TPSA) is 89.1 Å². The molecule has 6 nitrogen and oxygen atoms in total. The number of carboxylic acid groups (broad SMARTS) is 1. The molecule has 1 amide bonds. The van der Waals surface area contributed by atoms with Gasteiger partial charge in [0.05, 0.1) is 18.1 Å². The molecule has 116 valence electrons. The van der Waals surface area contributed by atoms with Gasteiger partial charge >= 0.3 is 29.6 Å². The van der Waals surface area contributed by atoms with E-state index in [2.05, 4.69) is 9.97 Å². The molecule has 8 heteroatoms. The van der Waals surface area contributed by atoms with Gasteiger partial charge in [0.2, 0.25) is 0 Å². The van der Waals surface area contributed by atoms with Crippen molar-refractivity contribution in [3.63, 3.8) is 0 Å². The molecule has 4 heterocycles. The molecule has 0 saturated heterocycles. The Kier molecular flexibility index (Phi) is 4.78. The van der Waals surface area contributed by atoms with Crippen LogP contribution in [0.15, 0.2) is 29.9 Å². The van der Waals surface area contributed by atoms with Crippen molar-refractivity contribution in [3.05, 3.63) is 51.5 Å². The second-order valence-electron chi connectivity index (χ2n) is 5.45. The van der Waals surface area contributed by atoms with Gasteiger partial charge < -0.3 is 19.8 Å². The molecule has 0 radical (unpaired) electrons. The van der Waals surface area contributed by atoms with Gasteiger partial charge in [0.1, 0.15) is 5.65 Å². The number of amides is 1. The number of nitrogens with zero attached hydrogens (tertiary/aromatic N) is 2. The van der Waals surface area contributed by atoms with E-state index in [4.69, 9.17) is 0 Å². The first kappa shape index (κ1) is 17.2. The Hall–Kier alpha value is -1.67. The van der Waals surface area contributed by atoms with Crippen molar-refractivity contribution in [3.8, 4) is 0 Å². The van der Waals surface area contributed by atoms with E-state index in [-0.39, 0.29) is 41.0 Å². The van der Waals surface area contributed by atoms with Gasteiger partial charge in [-0.1, -0.05) is 0 Å². The van der Waals surface area contributed by atoms with Crippen molar-refractivity contribution in [2.75, 3.05) is 6.54 Å². The van der Waals surface area contributed by atoms with Crippen LogP contribution in [0.1, 0.15) is 31.2 Å². The van der Waals surface area contributed by atoms with Crippen molar-refractivity contribution in [2.24, 2.45) is 0 Å². The van der Waals surface area contributed by atoms with E-state index >= 15 is 0 Å². The van der Waals surface area contributed by atoms with Gasteiger partial charge in [-0.2, -0.15) is 0 Å². The fourth-order valence-electron chi connectivity index (χ4n) is 2.91. The molecule has 3 aromatic heterocycles. The van der Waals surface area contributed by atoms with Crippen LogP contribution in [0.2, 0.25) is 0 Å². The van der Waals surface area contributed by atoms with Crippen molar-refractivity contribution in [1.82, 2.24) is 14.9 Å². The Balaban J connectivity index is 0.00000169. The van der Waals surface area contributed by atoms with Gasteiger partial charge in [-0.25, -0.2) is 4.98 Å². The molecular weight excluding hydrogens is 337 g/mol. The van der Waals surface area contributed by atoms with E-state index in [9.17, 15) is 14.7 Å². The number of carbonyl (C=O) groups excluding carboxylic acids is 2. The van der Waals surface area contributed by atoms with E-state index in [0.717, 1.165) is 21.5 Å². The van der Waals surface area contributed by atoms with Crippen LogP contribution in [0, 0.1) is 0 Å². The number of carbonyl (C=O) groups is 2. The Morgan fingerprint density at radius 1 is 1.38 bits per heavy atom. The number of aromatic carboxylic acids is 1. The molecule has 1 N–H and O–H groups in total. The number of hydrogen-bond acceptors (Lipinski definition) is 5. The minimum Gasteiger partial charge on any atom is -0.545 e. The number of nitrogens with one attached hydrogen (secondary N) is 1. The van der Waals surface area contributed by atoms with Crippen molar-refractivity contribution >= 4 is 34.2 Å². The number of pyridine rings is 1. The molecule has 0 aliphatic carbocycles. The fourth-order valence-corrected chi connectivity index (χ4v) is 4.00. The summed E-state index contributed by atoms with van der Waals surface area (Å²) in [5.74, 6) is -1.24.